The Balaban J connectivity index is 1.71. The topological polar surface area (TPSA) is 49.4 Å². The molecule has 1 saturated carbocycles. The maximum atomic E-state index is 12.6. The first-order valence-electron chi connectivity index (χ1n) is 7.69. The maximum absolute atomic E-state index is 12.6. The van der Waals surface area contributed by atoms with E-state index >= 15 is 0 Å². The van der Waals surface area contributed by atoms with E-state index in [1.165, 1.54) is 24.2 Å². The molecule has 0 radical (unpaired) electrons. The second-order valence-electron chi connectivity index (χ2n) is 6.37. The van der Waals surface area contributed by atoms with Gasteiger partial charge in [0.25, 0.3) is 5.91 Å². The lowest BCUT2D eigenvalue weighted by Crippen LogP contribution is -2.68. The smallest absolute Gasteiger partial charge is 0.265 e. The summed E-state index contributed by atoms with van der Waals surface area (Å²) in [5, 5.41) is 5.07. The van der Waals surface area contributed by atoms with Crippen LogP contribution in [0.4, 0.5) is 0 Å². The molecule has 5 heteroatoms. The van der Waals surface area contributed by atoms with E-state index in [2.05, 4.69) is 5.32 Å². The Morgan fingerprint density at radius 3 is 2.62 bits per heavy atom. The van der Waals surface area contributed by atoms with E-state index in [9.17, 15) is 9.59 Å². The van der Waals surface area contributed by atoms with Crippen LogP contribution in [0.15, 0.2) is 11.4 Å². The molecule has 1 aromatic rings. The average Bonchev–Trinajstić information content (AvgIpc) is 3.07. The standard InChI is InChI=1S/C16H22N2O2S/c1-11-7-10-21-13(11)14(19)18-9-8-16(18,2)15(20)17-12-5-3-4-6-12/h7,10,12H,3-6,8-9H2,1-2H3,(H,17,20). The van der Waals surface area contributed by atoms with Crippen molar-refractivity contribution in [3.05, 3.63) is 21.9 Å². The molecule has 0 spiro atoms. The Labute approximate surface area is 129 Å². The summed E-state index contributed by atoms with van der Waals surface area (Å²) in [5.41, 5.74) is 0.325. The molecule has 1 saturated heterocycles. The number of aryl methyl sites for hydroxylation is 1. The lowest BCUT2D eigenvalue weighted by Gasteiger charge is -2.49. The fraction of sp³-hybridized carbons (Fsp3) is 0.625. The van der Waals surface area contributed by atoms with E-state index in [4.69, 9.17) is 0 Å². The minimum absolute atomic E-state index is 0.00202. The highest BCUT2D eigenvalue weighted by molar-refractivity contribution is 7.12. The molecule has 21 heavy (non-hydrogen) atoms. The van der Waals surface area contributed by atoms with Crippen LogP contribution in [0, 0.1) is 6.92 Å². The van der Waals surface area contributed by atoms with Gasteiger partial charge in [0.1, 0.15) is 5.54 Å². The van der Waals surface area contributed by atoms with Crippen LogP contribution in [-0.2, 0) is 4.79 Å². The molecular formula is C16H22N2O2S. The second-order valence-corrected chi connectivity index (χ2v) is 7.28. The van der Waals surface area contributed by atoms with Gasteiger partial charge in [-0.2, -0.15) is 0 Å². The van der Waals surface area contributed by atoms with E-state index in [1.54, 1.807) is 4.90 Å². The molecule has 4 nitrogen and oxygen atoms in total. The SMILES string of the molecule is Cc1ccsc1C(=O)N1CCC1(C)C(=O)NC1CCCC1. The van der Waals surface area contributed by atoms with Gasteiger partial charge in [-0.3, -0.25) is 9.59 Å². The monoisotopic (exact) mass is 306 g/mol. The van der Waals surface area contributed by atoms with Gasteiger partial charge >= 0.3 is 0 Å². The zero-order valence-electron chi connectivity index (χ0n) is 12.6. The number of amides is 2. The third-order valence-electron chi connectivity index (χ3n) is 4.90. The van der Waals surface area contributed by atoms with Gasteiger partial charge in [-0.15, -0.1) is 11.3 Å². The van der Waals surface area contributed by atoms with Crippen molar-refractivity contribution < 1.29 is 9.59 Å². The zero-order chi connectivity index (χ0) is 15.0. The Morgan fingerprint density at radius 1 is 1.38 bits per heavy atom. The molecule has 0 bridgehead atoms. The van der Waals surface area contributed by atoms with Gasteiger partial charge in [0.05, 0.1) is 4.88 Å². The third-order valence-corrected chi connectivity index (χ3v) is 5.90. The number of nitrogens with zero attached hydrogens (tertiary/aromatic N) is 1. The van der Waals surface area contributed by atoms with Crippen LogP contribution in [-0.4, -0.2) is 34.8 Å². The summed E-state index contributed by atoms with van der Waals surface area (Å²) in [4.78, 5) is 27.7. The Hall–Kier alpha value is -1.36. The lowest BCUT2D eigenvalue weighted by molar-refractivity contribution is -0.138. The molecule has 2 fully saturated rings. The predicted octanol–water partition coefficient (Wildman–Crippen LogP) is 2.72. The fourth-order valence-electron chi connectivity index (χ4n) is 3.25. The number of rotatable bonds is 3. The summed E-state index contributed by atoms with van der Waals surface area (Å²) >= 11 is 1.46. The van der Waals surface area contributed by atoms with Gasteiger partial charge in [-0.25, -0.2) is 0 Å². The molecule has 1 atom stereocenters. The van der Waals surface area contributed by atoms with Crippen molar-refractivity contribution in [1.82, 2.24) is 10.2 Å². The van der Waals surface area contributed by atoms with Crippen molar-refractivity contribution in [3.63, 3.8) is 0 Å². The van der Waals surface area contributed by atoms with Crippen LogP contribution in [0.1, 0.15) is 54.3 Å². The molecule has 1 aliphatic heterocycles. The average molecular weight is 306 g/mol. The van der Waals surface area contributed by atoms with Crippen LogP contribution in [0.5, 0.6) is 0 Å². The summed E-state index contributed by atoms with van der Waals surface area (Å²) in [6, 6.07) is 2.25. The molecule has 1 N–H and O–H groups in total. The quantitative estimate of drug-likeness (QED) is 0.933. The Kier molecular flexibility index (Phi) is 3.78. The van der Waals surface area contributed by atoms with Crippen molar-refractivity contribution >= 4 is 23.2 Å². The van der Waals surface area contributed by atoms with Crippen molar-refractivity contribution in [3.8, 4) is 0 Å². The van der Waals surface area contributed by atoms with Gasteiger partial charge in [-0.05, 0) is 50.1 Å². The molecule has 2 aliphatic rings. The number of carbonyl (C=O) groups excluding carboxylic acids is 2. The van der Waals surface area contributed by atoms with Crippen molar-refractivity contribution in [2.75, 3.05) is 6.54 Å². The molecule has 114 valence electrons. The van der Waals surface area contributed by atoms with E-state index in [1.807, 2.05) is 25.3 Å². The highest BCUT2D eigenvalue weighted by Gasteiger charge is 2.50. The summed E-state index contributed by atoms with van der Waals surface area (Å²) in [6.07, 6.45) is 5.28. The predicted molar refractivity (Wildman–Crippen MR) is 83.5 cm³/mol. The molecule has 1 aromatic heterocycles. The first kappa shape index (κ1) is 14.6. The molecule has 1 aliphatic carbocycles. The fourth-order valence-corrected chi connectivity index (χ4v) is 4.12. The largest absolute Gasteiger partial charge is 0.351 e. The van der Waals surface area contributed by atoms with Gasteiger partial charge in [0, 0.05) is 12.6 Å². The highest BCUT2D eigenvalue weighted by Crippen LogP contribution is 2.34. The van der Waals surface area contributed by atoms with Gasteiger partial charge in [-0.1, -0.05) is 12.8 Å². The first-order chi connectivity index (χ1) is 10.0. The molecule has 0 aromatic carbocycles. The van der Waals surface area contributed by atoms with Crippen molar-refractivity contribution in [2.24, 2.45) is 0 Å². The molecule has 3 rings (SSSR count). The molecule has 2 heterocycles. The minimum Gasteiger partial charge on any atom is -0.351 e. The number of hydrogen-bond acceptors (Lipinski definition) is 3. The van der Waals surface area contributed by atoms with Crippen LogP contribution in [0.2, 0.25) is 0 Å². The van der Waals surface area contributed by atoms with E-state index in [0.717, 1.165) is 29.7 Å². The van der Waals surface area contributed by atoms with Gasteiger partial charge in [0.15, 0.2) is 0 Å². The zero-order valence-corrected chi connectivity index (χ0v) is 13.5. The molecular weight excluding hydrogens is 284 g/mol. The van der Waals surface area contributed by atoms with Gasteiger partial charge in [0.2, 0.25) is 5.91 Å². The number of thiophene rings is 1. The molecule has 1 unspecified atom stereocenters. The Morgan fingerprint density at radius 2 is 2.10 bits per heavy atom. The summed E-state index contributed by atoms with van der Waals surface area (Å²) in [5.74, 6) is 0.0148. The summed E-state index contributed by atoms with van der Waals surface area (Å²) in [7, 11) is 0. The van der Waals surface area contributed by atoms with Crippen LogP contribution < -0.4 is 5.32 Å². The van der Waals surface area contributed by atoms with Crippen molar-refractivity contribution in [2.45, 2.75) is 57.5 Å². The van der Waals surface area contributed by atoms with E-state index < -0.39 is 5.54 Å². The van der Waals surface area contributed by atoms with Crippen LogP contribution in [0.25, 0.3) is 0 Å². The maximum Gasteiger partial charge on any atom is 0.265 e. The minimum atomic E-state index is -0.671. The first-order valence-corrected chi connectivity index (χ1v) is 8.57. The van der Waals surface area contributed by atoms with Crippen LogP contribution >= 0.6 is 11.3 Å². The second kappa shape index (κ2) is 5.44. The number of hydrogen-bond donors (Lipinski definition) is 1. The van der Waals surface area contributed by atoms with E-state index in [0.29, 0.717) is 12.6 Å². The normalized spacial score (nSPS) is 25.7. The summed E-state index contributed by atoms with van der Waals surface area (Å²) < 4.78 is 0. The van der Waals surface area contributed by atoms with Crippen molar-refractivity contribution in [1.29, 1.82) is 0 Å². The Bertz CT molecular complexity index is 562. The lowest BCUT2D eigenvalue weighted by atomic mass is 9.85. The van der Waals surface area contributed by atoms with Crippen LogP contribution in [0.3, 0.4) is 0 Å². The molecule has 2 amide bonds. The number of likely N-dealkylation sites (tertiary alicyclic amines) is 1. The van der Waals surface area contributed by atoms with E-state index in [-0.39, 0.29) is 11.8 Å². The number of nitrogens with one attached hydrogen (secondary N) is 1. The third kappa shape index (κ3) is 2.48. The summed E-state index contributed by atoms with van der Waals surface area (Å²) in [6.45, 7) is 4.51. The number of carbonyl (C=O) groups is 2. The van der Waals surface area contributed by atoms with Gasteiger partial charge < -0.3 is 10.2 Å². The highest BCUT2D eigenvalue weighted by atomic mass is 32.1.